The Bertz CT molecular complexity index is 3420. The second kappa shape index (κ2) is 13.8. The highest BCUT2D eigenvalue weighted by Gasteiger charge is 2.16. The SMILES string of the molecule is c1ccc2cc3c(-c4ccc(N(c5ccc(-c6ccc7c(n6)oc6ccccc67)cc5)c5ccc(-c6cccc7cc8ccccc8cc67)cc5)cc4)cccc3cc2c1. The van der Waals surface area contributed by atoms with Crippen LogP contribution in [0.25, 0.3) is 98.7 Å². The fourth-order valence-electron chi connectivity index (χ4n) is 9.01. The van der Waals surface area contributed by atoms with E-state index in [-0.39, 0.29) is 0 Å². The Balaban J connectivity index is 0.941. The third-order valence-corrected chi connectivity index (χ3v) is 12.0. The lowest BCUT2D eigenvalue weighted by Gasteiger charge is -2.26. The molecule has 0 bridgehead atoms. The molecule has 0 saturated carbocycles. The van der Waals surface area contributed by atoms with Crippen LogP contribution in [0, 0.1) is 0 Å². The van der Waals surface area contributed by atoms with Crippen LogP contribution in [0.3, 0.4) is 0 Å². The first-order valence-corrected chi connectivity index (χ1v) is 20.4. The molecular formula is C57H36N2O. The molecule has 0 saturated heterocycles. The summed E-state index contributed by atoms with van der Waals surface area (Å²) in [5, 5.41) is 12.1. The fraction of sp³-hybridized carbons (Fsp3) is 0. The molecule has 3 nitrogen and oxygen atoms in total. The molecule has 12 rings (SSSR count). The van der Waals surface area contributed by atoms with Crippen molar-refractivity contribution in [1.82, 2.24) is 4.98 Å². The number of anilines is 3. The van der Waals surface area contributed by atoms with Crippen molar-refractivity contribution < 1.29 is 4.42 Å². The molecule has 280 valence electrons. The number of hydrogen-bond donors (Lipinski definition) is 0. The number of nitrogens with zero attached hydrogens (tertiary/aromatic N) is 2. The minimum absolute atomic E-state index is 0.651. The van der Waals surface area contributed by atoms with Gasteiger partial charge in [0.15, 0.2) is 0 Å². The number of aromatic nitrogens is 1. The smallest absolute Gasteiger partial charge is 0.227 e. The maximum absolute atomic E-state index is 6.14. The Morgan fingerprint density at radius 1 is 0.317 bits per heavy atom. The van der Waals surface area contributed by atoms with E-state index in [4.69, 9.17) is 9.40 Å². The van der Waals surface area contributed by atoms with Gasteiger partial charge in [-0.3, -0.25) is 0 Å². The van der Waals surface area contributed by atoms with Crippen molar-refractivity contribution in [2.24, 2.45) is 0 Å². The highest BCUT2D eigenvalue weighted by atomic mass is 16.3. The molecule has 60 heavy (non-hydrogen) atoms. The van der Waals surface area contributed by atoms with E-state index in [1.165, 1.54) is 65.3 Å². The average Bonchev–Trinajstić information content (AvgIpc) is 3.69. The lowest BCUT2D eigenvalue weighted by Crippen LogP contribution is -2.09. The molecule has 0 radical (unpaired) electrons. The van der Waals surface area contributed by atoms with Gasteiger partial charge >= 0.3 is 0 Å². The molecule has 0 N–H and O–H groups in total. The number of para-hydroxylation sites is 1. The Labute approximate surface area is 347 Å². The van der Waals surface area contributed by atoms with Gasteiger partial charge in [0, 0.05) is 33.4 Å². The monoisotopic (exact) mass is 764 g/mol. The van der Waals surface area contributed by atoms with Crippen molar-refractivity contribution in [2.45, 2.75) is 0 Å². The van der Waals surface area contributed by atoms with Gasteiger partial charge in [0.25, 0.3) is 0 Å². The maximum Gasteiger partial charge on any atom is 0.227 e. The molecule has 0 aliphatic rings. The predicted octanol–water partition coefficient (Wildman–Crippen LogP) is 16.1. The Morgan fingerprint density at radius 2 is 0.767 bits per heavy atom. The molecule has 2 heterocycles. The van der Waals surface area contributed by atoms with Crippen LogP contribution in [0.4, 0.5) is 17.1 Å². The topological polar surface area (TPSA) is 29.3 Å². The summed E-state index contributed by atoms with van der Waals surface area (Å²) in [6.07, 6.45) is 0. The first kappa shape index (κ1) is 34.1. The molecule has 0 aliphatic heterocycles. The van der Waals surface area contributed by atoms with Crippen molar-refractivity contribution in [3.8, 4) is 33.5 Å². The van der Waals surface area contributed by atoms with E-state index in [0.29, 0.717) is 5.71 Å². The highest BCUT2D eigenvalue weighted by Crippen LogP contribution is 2.40. The number of rotatable bonds is 6. The second-order valence-corrected chi connectivity index (χ2v) is 15.6. The second-order valence-electron chi connectivity index (χ2n) is 15.6. The average molecular weight is 765 g/mol. The lowest BCUT2D eigenvalue weighted by molar-refractivity contribution is 0.654. The van der Waals surface area contributed by atoms with Gasteiger partial charge in [0.05, 0.1) is 5.69 Å². The molecule has 0 spiro atoms. The Hall–Kier alpha value is -8.01. The van der Waals surface area contributed by atoms with Crippen LogP contribution in [0.15, 0.2) is 223 Å². The molecule has 0 aliphatic carbocycles. The van der Waals surface area contributed by atoms with Crippen molar-refractivity contribution in [3.63, 3.8) is 0 Å². The first-order valence-electron chi connectivity index (χ1n) is 20.4. The third-order valence-electron chi connectivity index (χ3n) is 12.0. The fourth-order valence-corrected chi connectivity index (χ4v) is 9.01. The summed E-state index contributed by atoms with van der Waals surface area (Å²) in [5.41, 5.74) is 11.4. The standard InChI is InChI=1S/C57H36N2O/c1-3-11-42-35-53-44(33-40(42)9-1)13-7-16-49(53)37-19-25-46(26-20-37)59(48-29-23-39(24-30-48)55-32-31-52-51-15-5-6-18-56(51)60-57(52)58-55)47-27-21-38(22-28-47)50-17-8-14-45-34-41-10-2-4-12-43(41)36-54(45)50/h1-36H. The molecule has 0 unspecified atom stereocenters. The number of furan rings is 1. The highest BCUT2D eigenvalue weighted by molar-refractivity contribution is 6.07. The summed E-state index contributed by atoms with van der Waals surface area (Å²) >= 11 is 0. The summed E-state index contributed by atoms with van der Waals surface area (Å²) in [5.74, 6) is 0. The van der Waals surface area contributed by atoms with Gasteiger partial charge in [-0.05, 0) is 144 Å². The summed E-state index contributed by atoms with van der Waals surface area (Å²) in [6, 6.07) is 78.6. The molecule has 0 atom stereocenters. The van der Waals surface area contributed by atoms with E-state index in [0.717, 1.165) is 44.7 Å². The van der Waals surface area contributed by atoms with Gasteiger partial charge in [-0.15, -0.1) is 0 Å². The van der Waals surface area contributed by atoms with E-state index in [2.05, 4.69) is 205 Å². The summed E-state index contributed by atoms with van der Waals surface area (Å²) in [6.45, 7) is 0. The summed E-state index contributed by atoms with van der Waals surface area (Å²) < 4.78 is 6.14. The maximum atomic E-state index is 6.14. The van der Waals surface area contributed by atoms with Gasteiger partial charge in [-0.2, -0.15) is 0 Å². The summed E-state index contributed by atoms with van der Waals surface area (Å²) in [4.78, 5) is 7.28. The Kier molecular flexibility index (Phi) is 7.85. The molecule has 2 aromatic heterocycles. The number of fused-ring (bicyclic) bond motifs is 7. The lowest BCUT2D eigenvalue weighted by atomic mass is 9.95. The van der Waals surface area contributed by atoms with Crippen molar-refractivity contribution in [2.75, 3.05) is 4.90 Å². The van der Waals surface area contributed by atoms with Gasteiger partial charge in [0.1, 0.15) is 5.58 Å². The molecule has 0 fully saturated rings. The van der Waals surface area contributed by atoms with Crippen LogP contribution < -0.4 is 4.90 Å². The van der Waals surface area contributed by atoms with Crippen molar-refractivity contribution in [3.05, 3.63) is 218 Å². The third kappa shape index (κ3) is 5.79. The first-order chi connectivity index (χ1) is 29.7. The van der Waals surface area contributed by atoms with Crippen LogP contribution >= 0.6 is 0 Å². The number of hydrogen-bond acceptors (Lipinski definition) is 3. The van der Waals surface area contributed by atoms with Crippen molar-refractivity contribution >= 4 is 82.2 Å². The van der Waals surface area contributed by atoms with Gasteiger partial charge < -0.3 is 9.32 Å². The number of pyridine rings is 1. The van der Waals surface area contributed by atoms with Crippen LogP contribution in [0.1, 0.15) is 0 Å². The van der Waals surface area contributed by atoms with E-state index in [1.807, 2.05) is 18.2 Å². The van der Waals surface area contributed by atoms with Gasteiger partial charge in [-0.1, -0.05) is 140 Å². The molecule has 3 heteroatoms. The predicted molar refractivity (Wildman–Crippen MR) is 253 cm³/mol. The minimum atomic E-state index is 0.651. The van der Waals surface area contributed by atoms with Crippen LogP contribution in [0.2, 0.25) is 0 Å². The van der Waals surface area contributed by atoms with Crippen molar-refractivity contribution in [1.29, 1.82) is 0 Å². The van der Waals surface area contributed by atoms with Crippen LogP contribution in [0.5, 0.6) is 0 Å². The largest absolute Gasteiger partial charge is 0.438 e. The van der Waals surface area contributed by atoms with E-state index in [1.54, 1.807) is 0 Å². The zero-order valence-electron chi connectivity index (χ0n) is 32.6. The Morgan fingerprint density at radius 3 is 1.30 bits per heavy atom. The van der Waals surface area contributed by atoms with Crippen LogP contribution in [-0.4, -0.2) is 4.98 Å². The molecule has 10 aromatic carbocycles. The number of benzene rings is 10. The molecule has 12 aromatic rings. The zero-order chi connectivity index (χ0) is 39.6. The van der Waals surface area contributed by atoms with E-state index in [9.17, 15) is 0 Å². The molecule has 0 amide bonds. The van der Waals surface area contributed by atoms with E-state index < -0.39 is 0 Å². The van der Waals surface area contributed by atoms with Crippen LogP contribution in [-0.2, 0) is 0 Å². The van der Waals surface area contributed by atoms with E-state index >= 15 is 0 Å². The summed E-state index contributed by atoms with van der Waals surface area (Å²) in [7, 11) is 0. The quantitative estimate of drug-likeness (QED) is 0.158. The normalized spacial score (nSPS) is 11.7. The van der Waals surface area contributed by atoms with Gasteiger partial charge in [-0.25, -0.2) is 4.98 Å². The minimum Gasteiger partial charge on any atom is -0.438 e. The van der Waals surface area contributed by atoms with Gasteiger partial charge in [0.2, 0.25) is 5.71 Å². The zero-order valence-corrected chi connectivity index (χ0v) is 32.6. The molecular weight excluding hydrogens is 729 g/mol.